The first kappa shape index (κ1) is 14.2. The lowest BCUT2D eigenvalue weighted by Gasteiger charge is -2.04. The number of carbonyl (C=O) groups is 1. The van der Waals surface area contributed by atoms with Crippen LogP contribution in [0.15, 0.2) is 48.5 Å². The van der Waals surface area contributed by atoms with Gasteiger partial charge in [0.2, 0.25) is 5.13 Å². The summed E-state index contributed by atoms with van der Waals surface area (Å²) in [5.41, 5.74) is 8.83. The van der Waals surface area contributed by atoms with Crippen molar-refractivity contribution in [3.8, 4) is 10.6 Å². The van der Waals surface area contributed by atoms with Crippen molar-refractivity contribution in [3.63, 3.8) is 0 Å². The second kappa shape index (κ2) is 5.95. The van der Waals surface area contributed by atoms with Gasteiger partial charge < -0.3 is 5.73 Å². The van der Waals surface area contributed by atoms with Gasteiger partial charge in [0, 0.05) is 16.8 Å². The molecule has 0 bridgehead atoms. The monoisotopic (exact) mass is 310 g/mol. The summed E-state index contributed by atoms with van der Waals surface area (Å²) < 4.78 is 0. The van der Waals surface area contributed by atoms with E-state index < -0.39 is 0 Å². The molecule has 5 nitrogen and oxygen atoms in total. The first-order valence-corrected chi connectivity index (χ1v) is 7.51. The second-order valence-corrected chi connectivity index (χ2v) is 5.78. The molecule has 1 aromatic heterocycles. The van der Waals surface area contributed by atoms with Crippen LogP contribution in [0.2, 0.25) is 0 Å². The topological polar surface area (TPSA) is 80.9 Å². The summed E-state index contributed by atoms with van der Waals surface area (Å²) >= 11 is 1.33. The number of nitrogens with one attached hydrogen (secondary N) is 1. The Kier molecular flexibility index (Phi) is 3.84. The third kappa shape index (κ3) is 2.96. The maximum atomic E-state index is 12.2. The number of amides is 1. The predicted octanol–water partition coefficient (Wildman–Crippen LogP) is 3.35. The third-order valence-electron chi connectivity index (χ3n) is 3.21. The zero-order chi connectivity index (χ0) is 15.5. The van der Waals surface area contributed by atoms with Gasteiger partial charge >= 0.3 is 0 Å². The van der Waals surface area contributed by atoms with Crippen molar-refractivity contribution in [2.75, 3.05) is 11.1 Å². The molecule has 110 valence electrons. The summed E-state index contributed by atoms with van der Waals surface area (Å²) in [7, 11) is 0. The molecule has 0 saturated carbocycles. The van der Waals surface area contributed by atoms with Crippen LogP contribution in [0.4, 0.5) is 10.8 Å². The molecule has 0 atom stereocenters. The van der Waals surface area contributed by atoms with Crippen molar-refractivity contribution in [1.29, 1.82) is 0 Å². The van der Waals surface area contributed by atoms with E-state index in [0.717, 1.165) is 16.1 Å². The molecule has 0 aliphatic rings. The maximum Gasteiger partial charge on any atom is 0.257 e. The highest BCUT2D eigenvalue weighted by Gasteiger charge is 2.11. The van der Waals surface area contributed by atoms with E-state index in [1.54, 1.807) is 12.1 Å². The molecule has 0 fully saturated rings. The fraction of sp³-hybridized carbons (Fsp3) is 0.0625. The zero-order valence-electron chi connectivity index (χ0n) is 11.9. The lowest BCUT2D eigenvalue weighted by Crippen LogP contribution is -2.12. The maximum absolute atomic E-state index is 12.2. The number of rotatable bonds is 3. The molecule has 3 rings (SSSR count). The number of nitrogens with zero attached hydrogens (tertiary/aromatic N) is 2. The number of anilines is 2. The van der Waals surface area contributed by atoms with Crippen molar-refractivity contribution in [2.45, 2.75) is 6.92 Å². The van der Waals surface area contributed by atoms with Crippen LogP contribution in [0.3, 0.4) is 0 Å². The van der Waals surface area contributed by atoms with Crippen LogP contribution in [0.5, 0.6) is 0 Å². The largest absolute Gasteiger partial charge is 0.398 e. The molecular formula is C16H14N4OS. The van der Waals surface area contributed by atoms with Gasteiger partial charge in [0.15, 0.2) is 0 Å². The lowest BCUT2D eigenvalue weighted by atomic mass is 10.1. The molecule has 0 radical (unpaired) electrons. The first-order valence-electron chi connectivity index (χ1n) is 6.70. The Hall–Kier alpha value is -2.73. The van der Waals surface area contributed by atoms with Gasteiger partial charge in [-0.05, 0) is 24.6 Å². The van der Waals surface area contributed by atoms with E-state index in [1.807, 2.05) is 43.3 Å². The molecular weight excluding hydrogens is 296 g/mol. The van der Waals surface area contributed by atoms with Gasteiger partial charge in [0.05, 0.1) is 0 Å². The number of carbonyl (C=O) groups excluding carboxylic acids is 1. The predicted molar refractivity (Wildman–Crippen MR) is 88.9 cm³/mol. The summed E-state index contributed by atoms with van der Waals surface area (Å²) in [6.45, 7) is 1.90. The van der Waals surface area contributed by atoms with Crippen LogP contribution in [-0.2, 0) is 0 Å². The average molecular weight is 310 g/mol. The molecule has 6 heteroatoms. The van der Waals surface area contributed by atoms with Crippen LogP contribution in [-0.4, -0.2) is 16.1 Å². The Morgan fingerprint density at radius 2 is 1.91 bits per heavy atom. The van der Waals surface area contributed by atoms with Crippen LogP contribution >= 0.6 is 11.3 Å². The summed E-state index contributed by atoms with van der Waals surface area (Å²) in [4.78, 5) is 12.2. The van der Waals surface area contributed by atoms with Crippen molar-refractivity contribution in [2.24, 2.45) is 0 Å². The zero-order valence-corrected chi connectivity index (χ0v) is 12.7. The molecule has 0 spiro atoms. The minimum Gasteiger partial charge on any atom is -0.398 e. The molecule has 1 heterocycles. The van der Waals surface area contributed by atoms with Gasteiger partial charge in [-0.15, -0.1) is 10.2 Å². The molecule has 0 aliphatic carbocycles. The van der Waals surface area contributed by atoms with Crippen LogP contribution < -0.4 is 11.1 Å². The highest BCUT2D eigenvalue weighted by atomic mass is 32.1. The van der Waals surface area contributed by atoms with Crippen molar-refractivity contribution >= 4 is 28.1 Å². The van der Waals surface area contributed by atoms with Gasteiger partial charge in [-0.2, -0.15) is 0 Å². The lowest BCUT2D eigenvalue weighted by molar-refractivity contribution is 0.102. The van der Waals surface area contributed by atoms with E-state index in [0.29, 0.717) is 16.4 Å². The van der Waals surface area contributed by atoms with E-state index in [2.05, 4.69) is 15.5 Å². The van der Waals surface area contributed by atoms with Gasteiger partial charge in [0.1, 0.15) is 5.01 Å². The first-order chi connectivity index (χ1) is 10.6. The molecule has 0 aliphatic heterocycles. The fourth-order valence-electron chi connectivity index (χ4n) is 1.92. The van der Waals surface area contributed by atoms with Gasteiger partial charge in [-0.3, -0.25) is 10.1 Å². The molecule has 0 saturated heterocycles. The minimum absolute atomic E-state index is 0.248. The van der Waals surface area contributed by atoms with Crippen molar-refractivity contribution in [1.82, 2.24) is 10.2 Å². The standard InChI is InChI=1S/C16H14N4OS/c1-10-7-8-12(9-13(10)17)14(21)18-16-20-19-15(22-16)11-5-3-2-4-6-11/h2-9H,17H2,1H3,(H,18,20,21). The normalized spacial score (nSPS) is 10.4. The molecule has 3 aromatic rings. The van der Waals surface area contributed by atoms with Crippen LogP contribution in [0.1, 0.15) is 15.9 Å². The Morgan fingerprint density at radius 3 is 2.64 bits per heavy atom. The molecule has 0 unspecified atom stereocenters. The number of benzene rings is 2. The number of aromatic nitrogens is 2. The van der Waals surface area contributed by atoms with E-state index in [4.69, 9.17) is 5.73 Å². The SMILES string of the molecule is Cc1ccc(C(=O)Nc2nnc(-c3ccccc3)s2)cc1N. The molecule has 1 amide bonds. The highest BCUT2D eigenvalue weighted by molar-refractivity contribution is 7.18. The molecule has 2 aromatic carbocycles. The van der Waals surface area contributed by atoms with E-state index in [9.17, 15) is 4.79 Å². The summed E-state index contributed by atoms with van der Waals surface area (Å²) in [6, 6.07) is 14.9. The van der Waals surface area contributed by atoms with E-state index in [1.165, 1.54) is 11.3 Å². The fourth-order valence-corrected chi connectivity index (χ4v) is 2.67. The number of hydrogen-bond acceptors (Lipinski definition) is 5. The Bertz CT molecular complexity index is 814. The van der Waals surface area contributed by atoms with Gasteiger partial charge in [-0.25, -0.2) is 0 Å². The molecule has 22 heavy (non-hydrogen) atoms. The Morgan fingerprint density at radius 1 is 1.14 bits per heavy atom. The molecule has 3 N–H and O–H groups in total. The third-order valence-corrected chi connectivity index (χ3v) is 4.10. The quantitative estimate of drug-likeness (QED) is 0.727. The van der Waals surface area contributed by atoms with Gasteiger partial charge in [0.25, 0.3) is 5.91 Å². The Balaban J connectivity index is 1.77. The number of hydrogen-bond donors (Lipinski definition) is 2. The minimum atomic E-state index is -0.248. The second-order valence-electron chi connectivity index (χ2n) is 4.80. The highest BCUT2D eigenvalue weighted by Crippen LogP contribution is 2.26. The summed E-state index contributed by atoms with van der Waals surface area (Å²) in [6.07, 6.45) is 0. The Labute approximate surface area is 131 Å². The smallest absolute Gasteiger partial charge is 0.257 e. The number of nitrogen functional groups attached to an aromatic ring is 1. The van der Waals surface area contributed by atoms with Crippen molar-refractivity contribution < 1.29 is 4.79 Å². The van der Waals surface area contributed by atoms with E-state index >= 15 is 0 Å². The average Bonchev–Trinajstić information content (AvgIpc) is 2.99. The van der Waals surface area contributed by atoms with Crippen LogP contribution in [0, 0.1) is 6.92 Å². The van der Waals surface area contributed by atoms with Crippen LogP contribution in [0.25, 0.3) is 10.6 Å². The van der Waals surface area contributed by atoms with Crippen molar-refractivity contribution in [3.05, 3.63) is 59.7 Å². The summed E-state index contributed by atoms with van der Waals surface area (Å²) in [5, 5.41) is 12.1. The van der Waals surface area contributed by atoms with E-state index in [-0.39, 0.29) is 5.91 Å². The number of nitrogens with two attached hydrogens (primary N) is 1. The summed E-state index contributed by atoms with van der Waals surface area (Å²) in [5.74, 6) is -0.248. The van der Waals surface area contributed by atoms with Gasteiger partial charge in [-0.1, -0.05) is 47.7 Å². The number of aryl methyl sites for hydroxylation is 1.